The van der Waals surface area contributed by atoms with Crippen molar-refractivity contribution in [2.24, 2.45) is 23.7 Å². The predicted molar refractivity (Wildman–Crippen MR) is 97.4 cm³/mol. The number of hydrogen-bond donors (Lipinski definition) is 0. The van der Waals surface area contributed by atoms with Crippen LogP contribution in [0.4, 0.5) is 0 Å². The van der Waals surface area contributed by atoms with Crippen molar-refractivity contribution in [2.45, 2.75) is 93.3 Å². The molecule has 0 saturated heterocycles. The summed E-state index contributed by atoms with van der Waals surface area (Å²) < 4.78 is 11.6. The van der Waals surface area contributed by atoms with Gasteiger partial charge in [-0.15, -0.1) is 0 Å². The molecular weight excluding hydrogens is 304 g/mol. The average molecular weight is 343 g/mol. The van der Waals surface area contributed by atoms with Crippen LogP contribution in [0.5, 0.6) is 0 Å². The van der Waals surface area contributed by atoms with Crippen LogP contribution in [0, 0.1) is 23.7 Å². The highest BCUT2D eigenvalue weighted by Crippen LogP contribution is 2.32. The van der Waals surface area contributed by atoms with E-state index in [1.807, 2.05) is 27.7 Å². The second kappa shape index (κ2) is 10.7. The Bertz CT molecular complexity index is 387. The molecule has 0 rings (SSSR count). The van der Waals surface area contributed by atoms with Crippen molar-refractivity contribution in [3.05, 3.63) is 0 Å². The molecule has 0 fully saturated rings. The molecule has 0 spiro atoms. The van der Waals surface area contributed by atoms with Gasteiger partial charge in [0, 0.05) is 19.3 Å². The smallest absolute Gasteiger partial charge is 0.311 e. The largest absolute Gasteiger partial charge is 0.422 e. The topological polar surface area (TPSA) is 52.6 Å². The van der Waals surface area contributed by atoms with Gasteiger partial charge in [-0.3, -0.25) is 9.59 Å². The van der Waals surface area contributed by atoms with Crippen molar-refractivity contribution in [1.82, 2.24) is 0 Å². The lowest BCUT2D eigenvalue weighted by molar-refractivity contribution is -0.240. The molecule has 0 amide bonds. The van der Waals surface area contributed by atoms with Gasteiger partial charge in [0.05, 0.1) is 5.92 Å². The van der Waals surface area contributed by atoms with Crippen molar-refractivity contribution in [3.8, 4) is 0 Å². The Morgan fingerprint density at radius 2 is 1.46 bits per heavy atom. The van der Waals surface area contributed by atoms with Crippen molar-refractivity contribution in [2.75, 3.05) is 0 Å². The van der Waals surface area contributed by atoms with E-state index in [2.05, 4.69) is 27.7 Å². The first-order valence-corrected chi connectivity index (χ1v) is 9.46. The van der Waals surface area contributed by atoms with Crippen LogP contribution in [-0.4, -0.2) is 17.7 Å². The van der Waals surface area contributed by atoms with Gasteiger partial charge in [-0.05, 0) is 30.6 Å². The number of rotatable bonds is 11. The average Bonchev–Trinajstić information content (AvgIpc) is 2.42. The monoisotopic (exact) mass is 342 g/mol. The predicted octanol–water partition coefficient (Wildman–Crippen LogP) is 5.34. The van der Waals surface area contributed by atoms with Crippen molar-refractivity contribution < 1.29 is 19.1 Å². The summed E-state index contributed by atoms with van der Waals surface area (Å²) in [5, 5.41) is 0. The zero-order valence-corrected chi connectivity index (χ0v) is 17.0. The highest BCUT2D eigenvalue weighted by molar-refractivity contribution is 5.73. The molecule has 0 aromatic carbocycles. The van der Waals surface area contributed by atoms with Gasteiger partial charge in [-0.25, -0.2) is 0 Å². The Labute approximate surface area is 148 Å². The molecule has 0 bridgehead atoms. The third-order valence-corrected chi connectivity index (χ3v) is 4.00. The molecule has 4 heteroatoms. The molecule has 0 aromatic heterocycles. The Kier molecular flexibility index (Phi) is 10.3. The molecule has 0 saturated carbocycles. The first-order chi connectivity index (χ1) is 11.0. The van der Waals surface area contributed by atoms with Crippen LogP contribution in [0.2, 0.25) is 0 Å². The molecule has 0 aliphatic heterocycles. The molecule has 0 aliphatic rings. The van der Waals surface area contributed by atoms with Gasteiger partial charge in [-0.1, -0.05) is 55.4 Å². The van der Waals surface area contributed by atoms with Gasteiger partial charge < -0.3 is 9.47 Å². The fourth-order valence-corrected chi connectivity index (χ4v) is 2.47. The Hall–Kier alpha value is -1.06. The van der Waals surface area contributed by atoms with Crippen LogP contribution in [0.25, 0.3) is 0 Å². The number of hydrogen-bond acceptors (Lipinski definition) is 4. The van der Waals surface area contributed by atoms with Crippen LogP contribution >= 0.6 is 0 Å². The van der Waals surface area contributed by atoms with Gasteiger partial charge in [0.15, 0.2) is 0 Å². The molecule has 142 valence electrons. The first kappa shape index (κ1) is 22.9. The summed E-state index contributed by atoms with van der Waals surface area (Å²) in [7, 11) is 0. The first-order valence-electron chi connectivity index (χ1n) is 9.46. The highest BCUT2D eigenvalue weighted by Gasteiger charge is 2.40. The second-order valence-electron chi connectivity index (χ2n) is 8.24. The lowest BCUT2D eigenvalue weighted by atomic mass is 9.94. The van der Waals surface area contributed by atoms with Crippen molar-refractivity contribution >= 4 is 11.9 Å². The Morgan fingerprint density at radius 3 is 1.88 bits per heavy atom. The molecule has 0 N–H and O–H groups in total. The summed E-state index contributed by atoms with van der Waals surface area (Å²) >= 11 is 0. The molecule has 0 aliphatic carbocycles. The summed E-state index contributed by atoms with van der Waals surface area (Å²) in [4.78, 5) is 24.7. The summed E-state index contributed by atoms with van der Waals surface area (Å²) in [6.45, 7) is 16.1. The van der Waals surface area contributed by atoms with Crippen LogP contribution in [0.1, 0.15) is 87.5 Å². The summed E-state index contributed by atoms with van der Waals surface area (Å²) in [6.07, 6.45) is 2.97. The maximum atomic E-state index is 12.4. The molecule has 24 heavy (non-hydrogen) atoms. The standard InChI is InChI=1S/C20H38O4/c1-9-17(8)19(22)24-20(13-16(6)7,11-10-14(2)3)23-18(21)12-15(4)5/h14-17H,9-13H2,1-8H3. The fraction of sp³-hybridized carbons (Fsp3) is 0.900. The lowest BCUT2D eigenvalue weighted by Gasteiger charge is -2.35. The Balaban J connectivity index is 5.40. The molecule has 0 radical (unpaired) electrons. The van der Waals surface area contributed by atoms with Gasteiger partial charge in [0.2, 0.25) is 0 Å². The molecule has 4 nitrogen and oxygen atoms in total. The molecule has 2 unspecified atom stereocenters. The molecule has 0 heterocycles. The fourth-order valence-electron chi connectivity index (χ4n) is 2.47. The number of ether oxygens (including phenoxy) is 2. The van der Waals surface area contributed by atoms with Crippen LogP contribution in [0.3, 0.4) is 0 Å². The van der Waals surface area contributed by atoms with E-state index >= 15 is 0 Å². The zero-order valence-electron chi connectivity index (χ0n) is 17.0. The number of esters is 2. The van der Waals surface area contributed by atoms with E-state index in [0.29, 0.717) is 31.6 Å². The third kappa shape index (κ3) is 9.29. The highest BCUT2D eigenvalue weighted by atomic mass is 16.7. The number of carbonyl (C=O) groups excluding carboxylic acids is 2. The molecule has 2 atom stereocenters. The van der Waals surface area contributed by atoms with E-state index in [0.717, 1.165) is 6.42 Å². The van der Waals surface area contributed by atoms with Gasteiger partial charge in [-0.2, -0.15) is 0 Å². The lowest BCUT2D eigenvalue weighted by Crippen LogP contribution is -2.43. The SMILES string of the molecule is CCC(C)C(=O)OC(CCC(C)C)(CC(C)C)OC(=O)CC(C)C. The van der Waals surface area contributed by atoms with E-state index in [9.17, 15) is 9.59 Å². The van der Waals surface area contributed by atoms with E-state index in [1.165, 1.54) is 0 Å². The van der Waals surface area contributed by atoms with E-state index in [-0.39, 0.29) is 29.7 Å². The van der Waals surface area contributed by atoms with Crippen molar-refractivity contribution in [3.63, 3.8) is 0 Å². The van der Waals surface area contributed by atoms with Crippen LogP contribution < -0.4 is 0 Å². The maximum Gasteiger partial charge on any atom is 0.311 e. The minimum Gasteiger partial charge on any atom is -0.422 e. The Morgan fingerprint density at radius 1 is 0.875 bits per heavy atom. The molecule has 0 aromatic rings. The van der Waals surface area contributed by atoms with E-state index in [4.69, 9.17) is 9.47 Å². The van der Waals surface area contributed by atoms with Gasteiger partial charge in [0.25, 0.3) is 5.79 Å². The quantitative estimate of drug-likeness (QED) is 0.375. The number of carbonyl (C=O) groups is 2. The minimum absolute atomic E-state index is 0.195. The second-order valence-corrected chi connectivity index (χ2v) is 8.24. The summed E-state index contributed by atoms with van der Waals surface area (Å²) in [5.74, 6) is -0.976. The molecular formula is C20H38O4. The van der Waals surface area contributed by atoms with Gasteiger partial charge in [0.1, 0.15) is 0 Å². The van der Waals surface area contributed by atoms with Gasteiger partial charge >= 0.3 is 11.9 Å². The van der Waals surface area contributed by atoms with E-state index in [1.54, 1.807) is 0 Å². The zero-order chi connectivity index (χ0) is 18.9. The normalized spacial score (nSPS) is 15.5. The maximum absolute atomic E-state index is 12.4. The third-order valence-electron chi connectivity index (χ3n) is 4.00. The minimum atomic E-state index is -1.13. The van der Waals surface area contributed by atoms with Crippen LogP contribution in [0.15, 0.2) is 0 Å². The van der Waals surface area contributed by atoms with Crippen LogP contribution in [-0.2, 0) is 19.1 Å². The summed E-state index contributed by atoms with van der Waals surface area (Å²) in [6, 6.07) is 0. The van der Waals surface area contributed by atoms with Crippen molar-refractivity contribution in [1.29, 1.82) is 0 Å². The summed E-state index contributed by atoms with van der Waals surface area (Å²) in [5.41, 5.74) is 0. The van der Waals surface area contributed by atoms with E-state index < -0.39 is 5.79 Å².